The number of ketones is 1. The fourth-order valence-electron chi connectivity index (χ4n) is 4.02. The summed E-state index contributed by atoms with van der Waals surface area (Å²) in [5.74, 6) is -5.02. The topological polar surface area (TPSA) is 67.7 Å². The van der Waals surface area contributed by atoms with Crippen molar-refractivity contribution < 1.29 is 60.8 Å². The number of allylic oxidation sites excluding steroid dienone is 2. The van der Waals surface area contributed by atoms with Crippen molar-refractivity contribution in [1.29, 1.82) is 0 Å². The monoisotopic (exact) mass is 694 g/mol. The number of nitrogens with zero attached hydrogens (tertiary/aromatic N) is 1. The van der Waals surface area contributed by atoms with Crippen molar-refractivity contribution in [3.8, 4) is 0 Å². The smallest absolute Gasteiger partial charge is 0.504 e. The molecule has 11 heteroatoms. The molecule has 2 N–H and O–H groups in total. The van der Waals surface area contributed by atoms with Gasteiger partial charge in [-0.1, -0.05) is 47.9 Å². The van der Waals surface area contributed by atoms with E-state index in [0.717, 1.165) is 43.7 Å². The number of aromatic nitrogens is 1. The van der Waals surface area contributed by atoms with Crippen molar-refractivity contribution >= 4 is 60.3 Å². The standard InChI is InChI=1S/C21H10NO.C5H2F6O2.Ir/c1-2-8-16-12(5-1)11-15-13-6-3-9-17-19(13)20-14(21(15)22-16)7-4-10-18(20)23-17;6-4(7,8)2(12)1-3(13)5(9,10)11;/h1-6,8-11H;1,12H;/q-1;;/p+1/b;2-1-;. The summed E-state index contributed by atoms with van der Waals surface area (Å²) in [5, 5.41) is 14.8. The minimum atomic E-state index is -5.31. The number of hydrogen-bond donors (Lipinski definition) is 1. The van der Waals surface area contributed by atoms with Crippen molar-refractivity contribution in [1.82, 2.24) is 4.98 Å². The number of aliphatic hydroxyl groups is 1. The quantitative estimate of drug-likeness (QED) is 0.0364. The molecule has 6 rings (SSSR count). The molecule has 0 atom stereocenters. The minimum Gasteiger partial charge on any atom is -0.504 e. The molecule has 4 aromatic carbocycles. The molecule has 191 valence electrons. The van der Waals surface area contributed by atoms with E-state index in [0.29, 0.717) is 0 Å². The Balaban J connectivity index is 0.000000200. The molecule has 2 heterocycles. The number of carbonyl (C=O) groups excluding carboxylic acids is 1. The molecule has 0 saturated carbocycles. The van der Waals surface area contributed by atoms with Gasteiger partial charge in [-0.25, -0.2) is 0 Å². The Kier molecular flexibility index (Phi) is 6.64. The zero-order chi connectivity index (χ0) is 25.8. The Morgan fingerprint density at radius 1 is 0.892 bits per heavy atom. The zero-order valence-corrected chi connectivity index (χ0v) is 20.6. The molecule has 0 unspecified atom stereocenters. The van der Waals surface area contributed by atoms with Gasteiger partial charge in [0.15, 0.2) is 0 Å². The molecule has 0 saturated heterocycles. The van der Waals surface area contributed by atoms with Gasteiger partial charge in [-0.2, -0.15) is 26.3 Å². The molecule has 37 heavy (non-hydrogen) atoms. The molecular weight excluding hydrogens is 680 g/mol. The van der Waals surface area contributed by atoms with Gasteiger partial charge in [0, 0.05) is 20.1 Å². The summed E-state index contributed by atoms with van der Waals surface area (Å²) in [7, 11) is 0. The van der Waals surface area contributed by atoms with Gasteiger partial charge in [0.05, 0.1) is 17.2 Å². The zero-order valence-electron chi connectivity index (χ0n) is 18.2. The summed E-state index contributed by atoms with van der Waals surface area (Å²) in [5.41, 5.74) is 3.84. The van der Waals surface area contributed by atoms with E-state index in [1.54, 1.807) is 0 Å². The van der Waals surface area contributed by atoms with E-state index in [4.69, 9.17) is 19.3 Å². The Morgan fingerprint density at radius 2 is 1.59 bits per heavy atom. The van der Waals surface area contributed by atoms with Crippen molar-refractivity contribution in [2.45, 2.75) is 12.4 Å². The summed E-state index contributed by atoms with van der Waals surface area (Å²) in [4.78, 5) is 12.9. The maximum atomic E-state index is 11.4. The third kappa shape index (κ3) is 4.72. The number of hydrogen-bond acceptors (Lipinski definition) is 3. The largest absolute Gasteiger partial charge is 0.509 e. The first-order chi connectivity index (χ1) is 16.9. The molecule has 0 aliphatic carbocycles. The molecule has 0 fully saturated rings. The predicted molar refractivity (Wildman–Crippen MR) is 124 cm³/mol. The fourth-order valence-corrected chi connectivity index (χ4v) is 4.02. The van der Waals surface area contributed by atoms with Gasteiger partial charge >= 0.3 is 18.1 Å². The van der Waals surface area contributed by atoms with Gasteiger partial charge in [-0.05, 0) is 39.2 Å². The van der Waals surface area contributed by atoms with Crippen LogP contribution in [0.25, 0.3) is 54.5 Å². The average Bonchev–Trinajstić information content (AvgIpc) is 3.21. The molecule has 1 radical (unpaired) electrons. The number of furan rings is 1. The summed E-state index contributed by atoms with van der Waals surface area (Å²) >= 11 is 0. The third-order valence-electron chi connectivity index (χ3n) is 5.56. The molecule has 0 aliphatic rings. The van der Waals surface area contributed by atoms with Crippen LogP contribution in [-0.4, -0.2) is 33.0 Å². The first kappa shape index (κ1) is 26.4. The number of para-hydroxylation sites is 1. The van der Waals surface area contributed by atoms with Gasteiger partial charge in [0.25, 0.3) is 0 Å². The van der Waals surface area contributed by atoms with Crippen LogP contribution in [0.3, 0.4) is 0 Å². The van der Waals surface area contributed by atoms with Crippen molar-refractivity contribution in [2.24, 2.45) is 0 Å². The second kappa shape index (κ2) is 9.32. The van der Waals surface area contributed by atoms with Crippen LogP contribution in [0.15, 0.2) is 76.9 Å². The molecule has 0 amide bonds. The third-order valence-corrected chi connectivity index (χ3v) is 5.56. The Bertz CT molecular complexity index is 1700. The Hall–Kier alpha value is -3.69. The molecule has 6 aromatic rings. The average molecular weight is 694 g/mol. The van der Waals surface area contributed by atoms with Crippen LogP contribution in [-0.2, 0) is 20.1 Å². The fraction of sp³-hybridized carbons (Fsp3) is 0.0769. The molecule has 0 spiro atoms. The number of fused-ring (bicyclic) bond motifs is 4. The van der Waals surface area contributed by atoms with E-state index in [1.807, 2.05) is 30.3 Å². The van der Waals surface area contributed by atoms with Gasteiger partial charge in [0.1, 0.15) is 5.58 Å². The molecule has 2 aromatic heterocycles. The van der Waals surface area contributed by atoms with E-state index < -0.39 is 30.0 Å². The van der Waals surface area contributed by atoms with Gasteiger partial charge in [0.2, 0.25) is 5.76 Å². The number of aliphatic hydroxyl groups excluding tert-OH is 1. The predicted octanol–water partition coefficient (Wildman–Crippen LogP) is 7.77. The van der Waals surface area contributed by atoms with Crippen LogP contribution in [0.1, 0.15) is 0 Å². The Labute approximate surface area is 216 Å². The van der Waals surface area contributed by atoms with Crippen LogP contribution >= 0.6 is 0 Å². The van der Waals surface area contributed by atoms with Gasteiger partial charge in [-0.3, -0.25) is 9.78 Å². The van der Waals surface area contributed by atoms with E-state index in [-0.39, 0.29) is 20.1 Å². The second-order valence-electron chi connectivity index (χ2n) is 7.86. The van der Waals surface area contributed by atoms with Crippen molar-refractivity contribution in [3.63, 3.8) is 0 Å². The summed E-state index contributed by atoms with van der Waals surface area (Å²) in [6, 6.07) is 24.0. The van der Waals surface area contributed by atoms with Crippen molar-refractivity contribution in [2.75, 3.05) is 0 Å². The van der Waals surface area contributed by atoms with Crippen LogP contribution in [0.4, 0.5) is 26.3 Å². The number of rotatable bonds is 1. The van der Waals surface area contributed by atoms with E-state index in [2.05, 4.69) is 36.4 Å². The minimum absolute atomic E-state index is 0. The van der Waals surface area contributed by atoms with Crippen LogP contribution < -0.4 is 0 Å². The maximum Gasteiger partial charge on any atom is 0.509 e. The first-order valence-electron chi connectivity index (χ1n) is 10.3. The SMILES string of the molecule is O/C(=C\C(=[OH+])C(F)(F)F)C(F)(F)F.[Ir].[c-]1ccc2oc3cccc4c5cc6ccccc6nc5c1c2c34. The van der Waals surface area contributed by atoms with Gasteiger partial charge < -0.3 is 9.52 Å². The summed E-state index contributed by atoms with van der Waals surface area (Å²) in [6.07, 6.45) is -11.4. The Morgan fingerprint density at radius 3 is 2.30 bits per heavy atom. The van der Waals surface area contributed by atoms with Gasteiger partial charge in [-0.15, -0.1) is 17.5 Å². The molecule has 0 bridgehead atoms. The molecule has 4 nitrogen and oxygen atoms in total. The summed E-state index contributed by atoms with van der Waals surface area (Å²) < 4.78 is 74.4. The molecular formula is C26H13F6IrNO3. The normalized spacial score (nSPS) is 12.8. The van der Waals surface area contributed by atoms with Crippen LogP contribution in [0.5, 0.6) is 0 Å². The van der Waals surface area contributed by atoms with Crippen LogP contribution in [0.2, 0.25) is 0 Å². The first-order valence-corrected chi connectivity index (χ1v) is 10.3. The van der Waals surface area contributed by atoms with Crippen LogP contribution in [0, 0.1) is 6.07 Å². The van der Waals surface area contributed by atoms with E-state index >= 15 is 0 Å². The maximum absolute atomic E-state index is 11.4. The van der Waals surface area contributed by atoms with E-state index in [1.165, 1.54) is 10.8 Å². The van der Waals surface area contributed by atoms with E-state index in [9.17, 15) is 26.3 Å². The number of benzene rings is 4. The summed E-state index contributed by atoms with van der Waals surface area (Å²) in [6.45, 7) is 0. The number of pyridine rings is 1. The number of alkyl halides is 6. The second-order valence-corrected chi connectivity index (χ2v) is 7.86. The van der Waals surface area contributed by atoms with Crippen molar-refractivity contribution in [3.05, 3.63) is 78.6 Å². The number of halogens is 6. The molecule has 0 aliphatic heterocycles.